The van der Waals surface area contributed by atoms with Gasteiger partial charge >= 0.3 is 0 Å². The van der Waals surface area contributed by atoms with E-state index in [0.29, 0.717) is 17.4 Å². The number of aromatic nitrogens is 1. The van der Waals surface area contributed by atoms with E-state index in [-0.39, 0.29) is 12.5 Å². The van der Waals surface area contributed by atoms with Crippen molar-refractivity contribution in [3.8, 4) is 5.75 Å². The van der Waals surface area contributed by atoms with E-state index in [9.17, 15) is 4.79 Å². The van der Waals surface area contributed by atoms with Crippen LogP contribution in [0.3, 0.4) is 0 Å². The molecule has 0 unspecified atom stereocenters. The predicted octanol–water partition coefficient (Wildman–Crippen LogP) is 5.58. The Bertz CT molecular complexity index is 1210. The summed E-state index contributed by atoms with van der Waals surface area (Å²) in [6.45, 7) is 1.46. The van der Waals surface area contributed by atoms with Crippen LogP contribution in [-0.2, 0) is 4.79 Å². The molecule has 1 amide bonds. The number of halogens is 1. The number of rotatable bonds is 8. The maximum Gasteiger partial charge on any atom is 0.266 e. The molecule has 0 aliphatic carbocycles. The SMILES string of the molecule is CN(C)CCCN(C(=O)COc1ccc2ccccc2c1)c1nc2ccc(Br)cc2s1. The van der Waals surface area contributed by atoms with Gasteiger partial charge in [0.25, 0.3) is 5.91 Å². The van der Waals surface area contributed by atoms with Crippen LogP contribution in [0.5, 0.6) is 5.75 Å². The van der Waals surface area contributed by atoms with E-state index in [1.165, 1.54) is 11.3 Å². The number of amides is 1. The Labute approximate surface area is 194 Å². The highest BCUT2D eigenvalue weighted by Gasteiger charge is 2.20. The summed E-state index contributed by atoms with van der Waals surface area (Å²) in [4.78, 5) is 21.7. The summed E-state index contributed by atoms with van der Waals surface area (Å²) < 4.78 is 7.91. The lowest BCUT2D eigenvalue weighted by Gasteiger charge is -2.21. The van der Waals surface area contributed by atoms with E-state index >= 15 is 0 Å². The summed E-state index contributed by atoms with van der Waals surface area (Å²) in [7, 11) is 4.06. The first-order valence-corrected chi connectivity index (χ1v) is 11.7. The first kappa shape index (κ1) is 21.7. The Morgan fingerprint density at radius 1 is 1.03 bits per heavy atom. The summed E-state index contributed by atoms with van der Waals surface area (Å²) >= 11 is 5.03. The molecule has 0 atom stereocenters. The lowest BCUT2D eigenvalue weighted by atomic mass is 10.1. The molecule has 0 N–H and O–H groups in total. The second-order valence-electron chi connectivity index (χ2n) is 7.61. The second-order valence-corrected chi connectivity index (χ2v) is 9.53. The molecule has 0 spiro atoms. The molecule has 4 aromatic rings. The van der Waals surface area contributed by atoms with Crippen LogP contribution in [0.2, 0.25) is 0 Å². The number of fused-ring (bicyclic) bond motifs is 2. The highest BCUT2D eigenvalue weighted by atomic mass is 79.9. The van der Waals surface area contributed by atoms with Crippen molar-refractivity contribution < 1.29 is 9.53 Å². The van der Waals surface area contributed by atoms with Crippen LogP contribution >= 0.6 is 27.3 Å². The monoisotopic (exact) mass is 497 g/mol. The molecule has 0 radical (unpaired) electrons. The van der Waals surface area contributed by atoms with Gasteiger partial charge in [0.05, 0.1) is 10.2 Å². The van der Waals surface area contributed by atoms with E-state index in [2.05, 4.69) is 26.9 Å². The summed E-state index contributed by atoms with van der Waals surface area (Å²) in [5.41, 5.74) is 0.893. The molecule has 3 aromatic carbocycles. The third-order valence-corrected chi connectivity index (χ3v) is 6.48. The minimum absolute atomic E-state index is 0.0279. The van der Waals surface area contributed by atoms with E-state index in [4.69, 9.17) is 9.72 Å². The van der Waals surface area contributed by atoms with Crippen LogP contribution in [0.15, 0.2) is 65.1 Å². The number of hydrogen-bond acceptors (Lipinski definition) is 5. The Morgan fingerprint density at radius 3 is 2.65 bits per heavy atom. The van der Waals surface area contributed by atoms with Gasteiger partial charge in [-0.05, 0) is 68.2 Å². The van der Waals surface area contributed by atoms with Gasteiger partial charge in [0.1, 0.15) is 5.75 Å². The topological polar surface area (TPSA) is 45.7 Å². The number of carbonyl (C=O) groups is 1. The summed E-state index contributed by atoms with van der Waals surface area (Å²) in [5, 5.41) is 2.94. The molecule has 0 aliphatic heterocycles. The Balaban J connectivity index is 1.52. The third kappa shape index (κ3) is 5.42. The Kier molecular flexibility index (Phi) is 6.85. The van der Waals surface area contributed by atoms with Crippen LogP contribution in [0.25, 0.3) is 21.0 Å². The predicted molar refractivity (Wildman–Crippen MR) is 132 cm³/mol. The van der Waals surface area contributed by atoms with E-state index in [0.717, 1.165) is 38.4 Å². The molecule has 160 valence electrons. The second kappa shape index (κ2) is 9.77. The van der Waals surface area contributed by atoms with Gasteiger partial charge in [-0.3, -0.25) is 9.69 Å². The molecular formula is C24H24BrN3O2S. The van der Waals surface area contributed by atoms with E-state index in [1.54, 1.807) is 4.90 Å². The smallest absolute Gasteiger partial charge is 0.266 e. The van der Waals surface area contributed by atoms with Crippen molar-refractivity contribution in [3.63, 3.8) is 0 Å². The van der Waals surface area contributed by atoms with Gasteiger partial charge in [-0.15, -0.1) is 0 Å². The Morgan fingerprint density at radius 2 is 1.84 bits per heavy atom. The van der Waals surface area contributed by atoms with Crippen molar-refractivity contribution in [3.05, 3.63) is 65.1 Å². The van der Waals surface area contributed by atoms with Crippen LogP contribution in [-0.4, -0.2) is 49.6 Å². The minimum atomic E-state index is -0.0926. The molecule has 4 rings (SSSR count). The maximum absolute atomic E-state index is 13.1. The first-order chi connectivity index (χ1) is 15.0. The van der Waals surface area contributed by atoms with Crippen molar-refractivity contribution in [2.24, 2.45) is 0 Å². The van der Waals surface area contributed by atoms with Gasteiger partial charge in [0.15, 0.2) is 11.7 Å². The van der Waals surface area contributed by atoms with Gasteiger partial charge in [0, 0.05) is 11.0 Å². The zero-order valence-corrected chi connectivity index (χ0v) is 19.9. The number of nitrogens with zero attached hydrogens (tertiary/aromatic N) is 3. The first-order valence-electron chi connectivity index (χ1n) is 10.1. The van der Waals surface area contributed by atoms with Crippen molar-refractivity contribution in [2.75, 3.05) is 38.7 Å². The largest absolute Gasteiger partial charge is 0.484 e. The third-order valence-electron chi connectivity index (χ3n) is 4.94. The summed E-state index contributed by atoms with van der Waals surface area (Å²) in [5.74, 6) is 0.596. The highest BCUT2D eigenvalue weighted by Crippen LogP contribution is 2.31. The quantitative estimate of drug-likeness (QED) is 0.319. The standard InChI is InChI=1S/C24H24BrN3O2S/c1-27(2)12-5-13-28(24-26-21-11-9-19(25)15-22(21)31-24)23(29)16-30-20-10-8-17-6-3-4-7-18(17)14-20/h3-4,6-11,14-15H,5,12-13,16H2,1-2H3. The molecular weight excluding hydrogens is 474 g/mol. The fourth-order valence-electron chi connectivity index (χ4n) is 3.35. The summed E-state index contributed by atoms with van der Waals surface area (Å²) in [6.07, 6.45) is 0.855. The average molecular weight is 498 g/mol. The zero-order chi connectivity index (χ0) is 21.8. The Hall–Kier alpha value is -2.48. The normalized spacial score (nSPS) is 11.4. The molecule has 31 heavy (non-hydrogen) atoms. The fraction of sp³-hybridized carbons (Fsp3) is 0.250. The van der Waals surface area contributed by atoms with Crippen LogP contribution in [0.1, 0.15) is 6.42 Å². The van der Waals surface area contributed by atoms with Crippen molar-refractivity contribution in [1.29, 1.82) is 0 Å². The van der Waals surface area contributed by atoms with Crippen molar-refractivity contribution in [1.82, 2.24) is 9.88 Å². The molecule has 0 aliphatic rings. The molecule has 0 bridgehead atoms. The lowest BCUT2D eigenvalue weighted by Crippen LogP contribution is -2.36. The van der Waals surface area contributed by atoms with Gasteiger partial charge < -0.3 is 9.64 Å². The molecule has 0 saturated carbocycles. The minimum Gasteiger partial charge on any atom is -0.484 e. The number of hydrogen-bond donors (Lipinski definition) is 0. The number of benzene rings is 3. The van der Waals surface area contributed by atoms with E-state index in [1.807, 2.05) is 68.7 Å². The number of ether oxygens (including phenoxy) is 1. The number of thiazole rings is 1. The van der Waals surface area contributed by atoms with Crippen LogP contribution < -0.4 is 9.64 Å². The van der Waals surface area contributed by atoms with Gasteiger partial charge in [0.2, 0.25) is 0 Å². The maximum atomic E-state index is 13.1. The van der Waals surface area contributed by atoms with Crippen molar-refractivity contribution >= 4 is 59.3 Å². The van der Waals surface area contributed by atoms with E-state index < -0.39 is 0 Å². The van der Waals surface area contributed by atoms with Crippen LogP contribution in [0, 0.1) is 0 Å². The molecule has 0 fully saturated rings. The zero-order valence-electron chi connectivity index (χ0n) is 17.5. The number of anilines is 1. The molecule has 1 heterocycles. The highest BCUT2D eigenvalue weighted by molar-refractivity contribution is 9.10. The van der Waals surface area contributed by atoms with Gasteiger partial charge in [-0.2, -0.15) is 0 Å². The van der Waals surface area contributed by atoms with Crippen molar-refractivity contribution in [2.45, 2.75) is 6.42 Å². The van der Waals surface area contributed by atoms with Gasteiger partial charge in [-0.25, -0.2) is 4.98 Å². The van der Waals surface area contributed by atoms with Gasteiger partial charge in [-0.1, -0.05) is 57.6 Å². The fourth-order valence-corrected chi connectivity index (χ4v) is 4.91. The molecule has 7 heteroatoms. The molecule has 5 nitrogen and oxygen atoms in total. The number of carbonyl (C=O) groups excluding carboxylic acids is 1. The lowest BCUT2D eigenvalue weighted by molar-refractivity contribution is -0.120. The molecule has 0 saturated heterocycles. The average Bonchev–Trinajstić information content (AvgIpc) is 3.17. The summed E-state index contributed by atoms with van der Waals surface area (Å²) in [6, 6.07) is 19.9. The van der Waals surface area contributed by atoms with Crippen LogP contribution in [0.4, 0.5) is 5.13 Å². The molecule has 1 aromatic heterocycles.